The molecule has 4 aromatic rings. The Bertz CT molecular complexity index is 1920. The number of aromatic hydroxyl groups is 1. The molecule has 4 aromatic carbocycles. The van der Waals surface area contributed by atoms with Crippen LogP contribution in [-0.2, 0) is 22.7 Å². The van der Waals surface area contributed by atoms with Crippen molar-refractivity contribution in [3.05, 3.63) is 130 Å². The number of imide groups is 1. The van der Waals surface area contributed by atoms with Gasteiger partial charge >= 0.3 is 0 Å². The number of halogens is 1. The van der Waals surface area contributed by atoms with Gasteiger partial charge in [-0.3, -0.25) is 24.6 Å². The van der Waals surface area contributed by atoms with Crippen molar-refractivity contribution in [1.29, 1.82) is 0 Å². The van der Waals surface area contributed by atoms with E-state index in [1.165, 1.54) is 16.0 Å². The Hall–Kier alpha value is -5.28. The molecule has 2 saturated heterocycles. The number of phenolic OH excluding ortho intramolecular Hbond substituents is 1. The maximum Gasteiger partial charge on any atom is 0.255 e. The number of allylic oxidation sites excluding steroid dienone is 1. The van der Waals surface area contributed by atoms with Gasteiger partial charge in [-0.25, -0.2) is 4.39 Å². The third-order valence-electron chi connectivity index (χ3n) is 9.95. The van der Waals surface area contributed by atoms with E-state index in [1.807, 2.05) is 18.2 Å². The van der Waals surface area contributed by atoms with Crippen molar-refractivity contribution in [2.24, 2.45) is 0 Å². The number of nitrogens with one attached hydrogen (secondary N) is 1. The number of anilines is 1. The van der Waals surface area contributed by atoms with E-state index in [9.17, 15) is 19.5 Å². The molecule has 1 atom stereocenters. The van der Waals surface area contributed by atoms with E-state index < -0.39 is 17.8 Å². The van der Waals surface area contributed by atoms with E-state index in [-0.39, 0.29) is 42.5 Å². The van der Waals surface area contributed by atoms with Gasteiger partial charge in [0.15, 0.2) is 0 Å². The second kappa shape index (κ2) is 13.7. The first-order valence-electron chi connectivity index (χ1n) is 16.9. The van der Waals surface area contributed by atoms with Gasteiger partial charge in [0.1, 0.15) is 17.6 Å². The fourth-order valence-corrected chi connectivity index (χ4v) is 7.33. The van der Waals surface area contributed by atoms with E-state index in [2.05, 4.69) is 70.6 Å². The zero-order valence-electron chi connectivity index (χ0n) is 27.5. The lowest BCUT2D eigenvalue weighted by Crippen LogP contribution is -2.52. The van der Waals surface area contributed by atoms with E-state index in [4.69, 9.17) is 0 Å². The largest absolute Gasteiger partial charge is 0.508 e. The average molecular weight is 659 g/mol. The zero-order valence-corrected chi connectivity index (χ0v) is 27.5. The Balaban J connectivity index is 1.03. The summed E-state index contributed by atoms with van der Waals surface area (Å²) in [5, 5.41) is 12.2. The highest BCUT2D eigenvalue weighted by Crippen LogP contribution is 2.36. The molecular formula is C40H39FN4O4. The summed E-state index contributed by atoms with van der Waals surface area (Å²) in [6, 6.07) is 29.0. The number of carbonyl (C=O) groups excluding carboxylic acids is 3. The molecule has 2 N–H and O–H groups in total. The van der Waals surface area contributed by atoms with Crippen molar-refractivity contribution in [1.82, 2.24) is 15.1 Å². The number of carbonyl (C=O) groups is 3. The zero-order chi connectivity index (χ0) is 34.1. The quantitative estimate of drug-likeness (QED) is 0.179. The van der Waals surface area contributed by atoms with Crippen LogP contribution in [0.4, 0.5) is 10.1 Å². The molecule has 2 fully saturated rings. The summed E-state index contributed by atoms with van der Waals surface area (Å²) in [6.07, 6.45) is 1.26. The van der Waals surface area contributed by atoms with Crippen molar-refractivity contribution < 1.29 is 23.9 Å². The predicted octanol–water partition coefficient (Wildman–Crippen LogP) is 5.98. The van der Waals surface area contributed by atoms with Gasteiger partial charge in [0.05, 0.1) is 6.54 Å². The molecule has 3 amide bonds. The van der Waals surface area contributed by atoms with Crippen LogP contribution in [-0.4, -0.2) is 64.8 Å². The molecule has 0 saturated carbocycles. The van der Waals surface area contributed by atoms with Crippen LogP contribution >= 0.6 is 0 Å². The lowest BCUT2D eigenvalue weighted by atomic mass is 9.88. The molecule has 0 bridgehead atoms. The topological polar surface area (TPSA) is 93.2 Å². The number of hydrogen-bond acceptors (Lipinski definition) is 6. The van der Waals surface area contributed by atoms with Crippen LogP contribution in [0.3, 0.4) is 0 Å². The van der Waals surface area contributed by atoms with Crippen LogP contribution in [0.25, 0.3) is 11.1 Å². The van der Waals surface area contributed by atoms with Gasteiger partial charge in [-0.15, -0.1) is 0 Å². The van der Waals surface area contributed by atoms with Gasteiger partial charge in [-0.05, 0) is 71.0 Å². The monoisotopic (exact) mass is 658 g/mol. The van der Waals surface area contributed by atoms with Gasteiger partial charge in [0.25, 0.3) is 5.91 Å². The van der Waals surface area contributed by atoms with E-state index in [1.54, 1.807) is 24.3 Å². The number of nitrogens with zero attached hydrogens (tertiary/aromatic N) is 3. The summed E-state index contributed by atoms with van der Waals surface area (Å²) in [5.74, 6) is -1.37. The van der Waals surface area contributed by atoms with Crippen LogP contribution in [0.1, 0.15) is 64.4 Å². The molecule has 3 heterocycles. The SMILES string of the molecule is CCC(=C(c1ccc(O)cc1)c1ccc(N2CCN(Cc3ccc4c(c3F)CN(C3CCC(=O)NC3=O)C4=O)CC2)cc1)c1ccccc1. The summed E-state index contributed by atoms with van der Waals surface area (Å²) >= 11 is 0. The number of benzene rings is 4. The van der Waals surface area contributed by atoms with Gasteiger partial charge in [-0.2, -0.15) is 0 Å². The fraction of sp³-hybridized carbons (Fsp3) is 0.275. The lowest BCUT2D eigenvalue weighted by Gasteiger charge is -2.36. The van der Waals surface area contributed by atoms with Crippen molar-refractivity contribution in [3.8, 4) is 5.75 Å². The molecule has 8 nitrogen and oxygen atoms in total. The van der Waals surface area contributed by atoms with Gasteiger partial charge < -0.3 is 14.9 Å². The second-order valence-corrected chi connectivity index (χ2v) is 12.9. The molecule has 0 aromatic heterocycles. The third kappa shape index (κ3) is 6.46. The summed E-state index contributed by atoms with van der Waals surface area (Å²) in [6.45, 7) is 5.72. The van der Waals surface area contributed by atoms with Crippen LogP contribution in [0, 0.1) is 5.82 Å². The van der Waals surface area contributed by atoms with Crippen molar-refractivity contribution in [2.45, 2.75) is 45.3 Å². The highest BCUT2D eigenvalue weighted by atomic mass is 19.1. The van der Waals surface area contributed by atoms with Crippen LogP contribution in [0.5, 0.6) is 5.75 Å². The number of amides is 3. The fourth-order valence-electron chi connectivity index (χ4n) is 7.33. The smallest absolute Gasteiger partial charge is 0.255 e. The standard InChI is InChI=1S/C40H39FN4O4/c1-2-32(26-6-4-3-5-7-26)37(28-10-15-31(46)16-11-28)27-8-13-30(14-9-27)44-22-20-43(21-23-44)24-29-12-17-33-34(38(29)41)25-45(40(33)49)35-18-19-36(47)42-39(35)48/h3-17,35,46H,2,18-25H2,1H3,(H,42,47,48). The second-order valence-electron chi connectivity index (χ2n) is 12.9. The maximum absolute atomic E-state index is 15.8. The Labute approximate surface area is 285 Å². The molecule has 0 radical (unpaired) electrons. The molecule has 9 heteroatoms. The van der Waals surface area contributed by atoms with Gasteiger partial charge in [0, 0.05) is 61.5 Å². The molecule has 0 aliphatic carbocycles. The Morgan fingerprint density at radius 1 is 0.837 bits per heavy atom. The third-order valence-corrected chi connectivity index (χ3v) is 9.95. The van der Waals surface area contributed by atoms with E-state index in [0.717, 1.165) is 55.0 Å². The lowest BCUT2D eigenvalue weighted by molar-refractivity contribution is -0.136. The number of rotatable bonds is 8. The Morgan fingerprint density at radius 2 is 1.51 bits per heavy atom. The molecule has 0 spiro atoms. The van der Waals surface area contributed by atoms with Crippen LogP contribution in [0.15, 0.2) is 91.0 Å². The minimum atomic E-state index is -0.768. The highest BCUT2D eigenvalue weighted by molar-refractivity contribution is 6.05. The minimum absolute atomic E-state index is 0.0264. The number of hydrogen-bond donors (Lipinski definition) is 2. The molecule has 1 unspecified atom stereocenters. The van der Waals surface area contributed by atoms with Crippen molar-refractivity contribution >= 4 is 34.6 Å². The molecule has 7 rings (SSSR count). The summed E-state index contributed by atoms with van der Waals surface area (Å²) in [7, 11) is 0. The highest BCUT2D eigenvalue weighted by Gasteiger charge is 2.40. The first-order valence-corrected chi connectivity index (χ1v) is 16.9. The Morgan fingerprint density at radius 3 is 2.16 bits per heavy atom. The summed E-state index contributed by atoms with van der Waals surface area (Å²) in [5.41, 5.74) is 7.98. The molecule has 3 aliphatic rings. The summed E-state index contributed by atoms with van der Waals surface area (Å²) < 4.78 is 15.8. The number of fused-ring (bicyclic) bond motifs is 1. The number of piperazine rings is 1. The molecule has 49 heavy (non-hydrogen) atoms. The number of piperidine rings is 1. The van der Waals surface area contributed by atoms with E-state index in [0.29, 0.717) is 17.7 Å². The molecular weight excluding hydrogens is 619 g/mol. The van der Waals surface area contributed by atoms with Gasteiger partial charge in [0.2, 0.25) is 11.8 Å². The molecule has 3 aliphatic heterocycles. The minimum Gasteiger partial charge on any atom is -0.508 e. The van der Waals surface area contributed by atoms with Crippen molar-refractivity contribution in [3.63, 3.8) is 0 Å². The predicted molar refractivity (Wildman–Crippen MR) is 187 cm³/mol. The first-order chi connectivity index (χ1) is 23.8. The molecule has 250 valence electrons. The van der Waals surface area contributed by atoms with Crippen LogP contribution in [0.2, 0.25) is 0 Å². The van der Waals surface area contributed by atoms with Gasteiger partial charge in [-0.1, -0.05) is 67.6 Å². The summed E-state index contributed by atoms with van der Waals surface area (Å²) in [4.78, 5) is 43.0. The normalized spacial score (nSPS) is 18.7. The maximum atomic E-state index is 15.8. The Kier molecular flexibility index (Phi) is 9.01. The van der Waals surface area contributed by atoms with E-state index >= 15 is 4.39 Å². The number of phenols is 1. The first kappa shape index (κ1) is 32.3. The van der Waals surface area contributed by atoms with Crippen molar-refractivity contribution in [2.75, 3.05) is 31.1 Å². The van der Waals surface area contributed by atoms with Crippen LogP contribution < -0.4 is 10.2 Å². The average Bonchev–Trinajstić information content (AvgIpc) is 3.46.